The first-order chi connectivity index (χ1) is 17.5. The van der Waals surface area contributed by atoms with Gasteiger partial charge in [0.25, 0.3) is 0 Å². The van der Waals surface area contributed by atoms with Gasteiger partial charge in [-0.05, 0) is 24.3 Å². The first kappa shape index (κ1) is 39.4. The number of benzene rings is 1. The summed E-state index contributed by atoms with van der Waals surface area (Å²) < 4.78 is 287. The lowest BCUT2D eigenvalue weighted by Gasteiger charge is -2.41. The standard InChI is InChI=1S/C14H4F18I.CHF3O3S/c15-5-1-3-6(4-2-5)33-14(31,32)12(26,27)10(22,23)8(18,19)7(16,17)9(20,21)11(24,25)13(28,29)30;2-1(3,4)8(5,6)7/h1-4H;(H,5,6,7)/q+1;/p-1. The Bertz CT molecular complexity index is 1150. The molecule has 0 aliphatic heterocycles. The SMILES string of the molecule is Fc1ccc([I+]C(F)(F)C(F)(F)C(F)(F)C(F)(F)C(F)(F)C(F)(F)C(F)(F)C(F)(F)F)cc1.O=S(=O)([O-])C(F)(F)F. The molecule has 0 aliphatic rings. The van der Waals surface area contributed by atoms with E-state index in [0.717, 1.165) is 0 Å². The molecule has 1 aromatic rings. The lowest BCUT2D eigenvalue weighted by molar-refractivity contribution is -0.790. The number of alkyl halides is 21. The van der Waals surface area contributed by atoms with E-state index in [1.165, 1.54) is 0 Å². The largest absolute Gasteiger partial charge is 0.741 e. The highest BCUT2D eigenvalue weighted by Crippen LogP contribution is 2.63. The van der Waals surface area contributed by atoms with Crippen molar-refractivity contribution in [1.82, 2.24) is 0 Å². The summed E-state index contributed by atoms with van der Waals surface area (Å²) in [6, 6.07) is 1.11. The molecule has 0 saturated carbocycles. The van der Waals surface area contributed by atoms with Crippen molar-refractivity contribution in [3.8, 4) is 0 Å². The van der Waals surface area contributed by atoms with Crippen LogP contribution < -0.4 is 21.2 Å². The van der Waals surface area contributed by atoms with Crippen molar-refractivity contribution in [3.63, 3.8) is 0 Å². The van der Waals surface area contributed by atoms with Crippen LogP contribution in [0.2, 0.25) is 0 Å². The fourth-order valence-electron chi connectivity index (χ4n) is 1.83. The zero-order valence-corrected chi connectivity index (χ0v) is 20.7. The van der Waals surface area contributed by atoms with Crippen LogP contribution >= 0.6 is 0 Å². The second-order valence-corrected chi connectivity index (χ2v) is 11.4. The fourth-order valence-corrected chi connectivity index (χ4v) is 4.01. The van der Waals surface area contributed by atoms with Crippen molar-refractivity contribution in [2.45, 2.75) is 51.1 Å². The van der Waals surface area contributed by atoms with E-state index in [1.54, 1.807) is 0 Å². The van der Waals surface area contributed by atoms with Crippen molar-refractivity contribution >= 4 is 10.1 Å². The van der Waals surface area contributed by atoms with Gasteiger partial charge in [-0.25, -0.2) is 12.8 Å². The normalized spacial score (nSPS) is 15.4. The molecule has 0 atom stereocenters. The number of hydrogen-bond acceptors (Lipinski definition) is 3. The molecule has 0 heterocycles. The maximum atomic E-state index is 13.8. The third-order valence-corrected chi connectivity index (χ3v) is 7.26. The Hall–Kier alpha value is -1.61. The summed E-state index contributed by atoms with van der Waals surface area (Å²) in [7, 11) is -6.09. The van der Waals surface area contributed by atoms with E-state index in [4.69, 9.17) is 13.0 Å². The minimum absolute atomic E-state index is 0.259. The molecule has 0 aromatic heterocycles. The zero-order valence-electron chi connectivity index (χ0n) is 17.8. The molecule has 3 nitrogen and oxygen atoms in total. The second kappa shape index (κ2) is 11.1. The van der Waals surface area contributed by atoms with Gasteiger partial charge in [0.1, 0.15) is 5.82 Å². The van der Waals surface area contributed by atoms with Crippen LogP contribution in [0.1, 0.15) is 0 Å². The van der Waals surface area contributed by atoms with Crippen LogP contribution in [0.3, 0.4) is 0 Å². The van der Waals surface area contributed by atoms with Crippen molar-refractivity contribution in [2.24, 2.45) is 0 Å². The Morgan fingerprint density at radius 2 is 0.780 bits per heavy atom. The highest BCUT2D eigenvalue weighted by Gasteiger charge is 2.97. The van der Waals surface area contributed by atoms with Crippen LogP contribution in [0.5, 0.6) is 0 Å². The van der Waals surface area contributed by atoms with Gasteiger partial charge in [-0.15, -0.1) is 0 Å². The molecule has 26 heteroatoms. The average molecular weight is 790 g/mol. The molecular weight excluding hydrogens is 786 g/mol. The molecule has 0 saturated heterocycles. The minimum atomic E-state index is -8.64. The van der Waals surface area contributed by atoms with Gasteiger partial charge in [0, 0.05) is 0 Å². The van der Waals surface area contributed by atoms with Crippen LogP contribution in [-0.2, 0) is 10.1 Å². The monoisotopic (exact) mass is 790 g/mol. The van der Waals surface area contributed by atoms with Gasteiger partial charge in [-0.3, -0.25) is 0 Å². The summed E-state index contributed by atoms with van der Waals surface area (Å²) in [6.45, 7) is 0. The first-order valence-electron chi connectivity index (χ1n) is 8.62. The first-order valence-corrected chi connectivity index (χ1v) is 12.2. The average Bonchev–Trinajstić information content (AvgIpc) is 2.72. The number of halogens is 22. The van der Waals surface area contributed by atoms with E-state index < -0.39 is 91.9 Å². The predicted octanol–water partition coefficient (Wildman–Crippen LogP) is 4.10. The van der Waals surface area contributed by atoms with Crippen LogP contribution in [0.4, 0.5) is 92.2 Å². The Morgan fingerprint density at radius 3 is 1.05 bits per heavy atom. The maximum absolute atomic E-state index is 13.8. The van der Waals surface area contributed by atoms with Crippen molar-refractivity contribution in [2.75, 3.05) is 0 Å². The molecule has 0 unspecified atom stereocenters. The van der Waals surface area contributed by atoms with E-state index in [-0.39, 0.29) is 12.1 Å². The lowest BCUT2D eigenvalue weighted by Crippen LogP contribution is -3.68. The topological polar surface area (TPSA) is 57.2 Å². The van der Waals surface area contributed by atoms with Gasteiger partial charge in [-0.1, -0.05) is 0 Å². The van der Waals surface area contributed by atoms with Gasteiger partial charge in [0.15, 0.2) is 13.7 Å². The smallest absolute Gasteiger partial charge is 0.516 e. The highest BCUT2D eigenvalue weighted by atomic mass is 127. The zero-order chi connectivity index (χ0) is 33.7. The molecule has 1 aromatic carbocycles. The maximum Gasteiger partial charge on any atom is 0.516 e. The summed E-state index contributed by atoms with van der Waals surface area (Å²) in [6.07, 6.45) is -7.79. The summed E-state index contributed by atoms with van der Waals surface area (Å²) in [4.78, 5) is 0. The van der Waals surface area contributed by atoms with Gasteiger partial charge >= 0.3 is 72.4 Å². The van der Waals surface area contributed by atoms with Gasteiger partial charge < -0.3 is 4.55 Å². The van der Waals surface area contributed by atoms with E-state index in [1.807, 2.05) is 0 Å². The van der Waals surface area contributed by atoms with Crippen molar-refractivity contribution in [3.05, 3.63) is 33.7 Å². The summed E-state index contributed by atoms with van der Waals surface area (Å²) in [5.74, 6) is -51.1. The molecule has 0 N–H and O–H groups in total. The van der Waals surface area contributed by atoms with Crippen LogP contribution in [0.15, 0.2) is 24.3 Å². The minimum Gasteiger partial charge on any atom is -0.741 e. The summed E-state index contributed by atoms with van der Waals surface area (Å²) in [5.41, 5.74) is -5.65. The van der Waals surface area contributed by atoms with Crippen molar-refractivity contribution in [1.29, 1.82) is 0 Å². The molecule has 242 valence electrons. The van der Waals surface area contributed by atoms with Gasteiger partial charge in [0.2, 0.25) is 0 Å². The Balaban J connectivity index is 0.00000173. The summed E-state index contributed by atoms with van der Waals surface area (Å²) >= 11 is -3.97. The van der Waals surface area contributed by atoms with Crippen LogP contribution in [0, 0.1) is 9.39 Å². The van der Waals surface area contributed by atoms with Gasteiger partial charge in [0.05, 0.1) is 0 Å². The Morgan fingerprint density at radius 1 is 0.512 bits per heavy atom. The fraction of sp³-hybridized carbons (Fsp3) is 0.600. The molecule has 0 aliphatic carbocycles. The van der Waals surface area contributed by atoms with E-state index in [0.29, 0.717) is 12.1 Å². The Kier molecular flexibility index (Phi) is 10.7. The molecule has 41 heavy (non-hydrogen) atoms. The van der Waals surface area contributed by atoms with Gasteiger partial charge in [-0.2, -0.15) is 87.8 Å². The summed E-state index contributed by atoms with van der Waals surface area (Å²) in [5, 5.41) is 0. The number of hydrogen-bond donors (Lipinski definition) is 0. The third kappa shape index (κ3) is 6.97. The molecular formula is C15H4F21IO3S. The molecule has 0 bridgehead atoms. The van der Waals surface area contributed by atoms with E-state index >= 15 is 0 Å². The lowest BCUT2D eigenvalue weighted by atomic mass is 9.91. The quantitative estimate of drug-likeness (QED) is 0.131. The van der Waals surface area contributed by atoms with Crippen molar-refractivity contribution < 1.29 is 126 Å². The van der Waals surface area contributed by atoms with E-state index in [2.05, 4.69) is 0 Å². The molecule has 0 amide bonds. The van der Waals surface area contributed by atoms with E-state index in [9.17, 15) is 92.2 Å². The predicted molar refractivity (Wildman–Crippen MR) is 81.5 cm³/mol. The molecule has 0 fully saturated rings. The van der Waals surface area contributed by atoms with Crippen LogP contribution in [-0.4, -0.2) is 64.1 Å². The molecule has 0 radical (unpaired) electrons. The third-order valence-electron chi connectivity index (χ3n) is 4.00. The van der Waals surface area contributed by atoms with Crippen LogP contribution in [0.25, 0.3) is 0 Å². The molecule has 1 rings (SSSR count). The molecule has 0 spiro atoms. The Labute approximate surface area is 221 Å². The second-order valence-electron chi connectivity index (χ2n) is 6.87. The highest BCUT2D eigenvalue weighted by molar-refractivity contribution is 7.86. The number of rotatable bonds is 8.